The van der Waals surface area contributed by atoms with Gasteiger partial charge in [-0.05, 0) is 15.9 Å². The molecule has 0 aliphatic rings. The highest BCUT2D eigenvalue weighted by molar-refractivity contribution is 7.96. The Morgan fingerprint density at radius 3 is 1.23 bits per heavy atom. The number of rotatable bonds is 6. The molecule has 152 valence electrons. The summed E-state index contributed by atoms with van der Waals surface area (Å²) in [6.45, 7) is -3.07. The Hall–Kier alpha value is -3.75. The molecule has 0 fully saturated rings. The maximum absolute atomic E-state index is 13.7. The van der Waals surface area contributed by atoms with Crippen LogP contribution in [0.2, 0.25) is 0 Å². The summed E-state index contributed by atoms with van der Waals surface area (Å²) in [5.41, 5.74) is 0.0173. The molecule has 0 spiro atoms. The third kappa shape index (κ3) is 3.74. The van der Waals surface area contributed by atoms with Crippen molar-refractivity contribution in [2.24, 2.45) is 0 Å². The van der Waals surface area contributed by atoms with Gasteiger partial charge >= 0.3 is 5.42 Å². The van der Waals surface area contributed by atoms with Gasteiger partial charge in [0.2, 0.25) is 0 Å². The summed E-state index contributed by atoms with van der Waals surface area (Å²) >= 11 is 0. The molecule has 0 unspecified atom stereocenters. The van der Waals surface area contributed by atoms with Gasteiger partial charge in [-0.25, -0.2) is 0 Å². The molecule has 0 radical (unpaired) electrons. The minimum atomic E-state index is -3.07. The number of carbonyl (C=O) groups is 1. The van der Waals surface area contributed by atoms with Crippen LogP contribution in [0, 0.1) is 10.1 Å². The van der Waals surface area contributed by atoms with Gasteiger partial charge in [-0.15, -0.1) is 0 Å². The predicted octanol–water partition coefficient (Wildman–Crippen LogP) is 4.27. The molecule has 4 rings (SSSR count). The molecule has 0 saturated heterocycles. The predicted molar refractivity (Wildman–Crippen MR) is 128 cm³/mol. The molecular formula is C26H20NO3P. The summed E-state index contributed by atoms with van der Waals surface area (Å²) in [7, 11) is 0. The Balaban J connectivity index is 2.25. The largest absolute Gasteiger partial charge is 0.320 e. The van der Waals surface area contributed by atoms with Gasteiger partial charge in [-0.2, -0.15) is 0 Å². The summed E-state index contributed by atoms with van der Waals surface area (Å²) in [6, 6.07) is 36.6. The van der Waals surface area contributed by atoms with E-state index in [1.54, 1.807) is 30.3 Å². The van der Waals surface area contributed by atoms with Gasteiger partial charge in [0.25, 0.3) is 5.78 Å². The average molecular weight is 425 g/mol. The molecule has 0 aliphatic heterocycles. The van der Waals surface area contributed by atoms with E-state index in [4.69, 9.17) is 0 Å². The fourth-order valence-electron chi connectivity index (χ4n) is 3.85. The zero-order valence-corrected chi connectivity index (χ0v) is 17.6. The maximum atomic E-state index is 13.7. The monoisotopic (exact) mass is 425 g/mol. The molecule has 0 aliphatic carbocycles. The molecular weight excluding hydrogens is 405 g/mol. The van der Waals surface area contributed by atoms with E-state index in [0.29, 0.717) is 5.56 Å². The fourth-order valence-corrected chi connectivity index (χ4v) is 8.01. The Labute approximate surface area is 180 Å². The molecule has 0 amide bonds. The maximum Gasteiger partial charge on any atom is 0.320 e. The van der Waals surface area contributed by atoms with Crippen molar-refractivity contribution in [1.82, 2.24) is 0 Å². The number of hydrogen-bond acceptors (Lipinski definition) is 3. The van der Waals surface area contributed by atoms with E-state index < -0.39 is 17.6 Å². The van der Waals surface area contributed by atoms with E-state index in [9.17, 15) is 14.9 Å². The topological polar surface area (TPSA) is 60.2 Å². The first kappa shape index (κ1) is 20.5. The van der Waals surface area contributed by atoms with Crippen LogP contribution in [0.15, 0.2) is 121 Å². The van der Waals surface area contributed by atoms with Crippen LogP contribution in [-0.4, -0.2) is 16.1 Å². The second kappa shape index (κ2) is 8.95. The number of benzene rings is 4. The van der Waals surface area contributed by atoms with Crippen LogP contribution in [0.4, 0.5) is 0 Å². The molecule has 4 aromatic rings. The normalized spacial score (nSPS) is 11.0. The summed E-state index contributed by atoms with van der Waals surface area (Å²) in [5.74, 6) is -0.560. The smallest absolute Gasteiger partial charge is 0.281 e. The van der Waals surface area contributed by atoms with Crippen molar-refractivity contribution in [3.63, 3.8) is 0 Å². The molecule has 0 N–H and O–H groups in total. The van der Waals surface area contributed by atoms with Crippen LogP contribution in [0.25, 0.3) is 0 Å². The van der Waals surface area contributed by atoms with E-state index in [0.717, 1.165) is 15.9 Å². The number of Topliss-reactive ketones (excluding diaryl/α,β-unsaturated/α-hetero) is 1. The highest BCUT2D eigenvalue weighted by Gasteiger charge is 2.41. The van der Waals surface area contributed by atoms with Gasteiger partial charge in [0.15, 0.2) is 0 Å². The van der Waals surface area contributed by atoms with Crippen molar-refractivity contribution in [2.45, 2.75) is 0 Å². The van der Waals surface area contributed by atoms with Gasteiger partial charge in [-0.3, -0.25) is 14.9 Å². The first-order chi connectivity index (χ1) is 15.2. The Morgan fingerprint density at radius 2 is 0.903 bits per heavy atom. The summed E-state index contributed by atoms with van der Waals surface area (Å²) in [6.07, 6.45) is 0. The number of ketones is 1. The third-order valence-corrected chi connectivity index (χ3v) is 9.38. The molecule has 5 heteroatoms. The lowest BCUT2D eigenvalue weighted by atomic mass is 10.1. The van der Waals surface area contributed by atoms with E-state index in [1.165, 1.54) is 0 Å². The molecule has 31 heavy (non-hydrogen) atoms. The number of hydrogen-bond donors (Lipinski definition) is 0. The molecule has 0 aromatic heterocycles. The van der Waals surface area contributed by atoms with E-state index in [1.807, 2.05) is 91.0 Å². The molecule has 4 nitrogen and oxygen atoms in total. The number of carbonyl (C=O) groups excluding carboxylic acids is 1. The molecule has 0 saturated carbocycles. The number of nitrogens with zero attached hydrogens (tertiary/aromatic N) is 1. The minimum Gasteiger partial charge on any atom is -0.281 e. The highest BCUT2D eigenvalue weighted by atomic mass is 31.2. The zero-order chi connectivity index (χ0) is 21.7. The van der Waals surface area contributed by atoms with Crippen molar-refractivity contribution in [3.8, 4) is 0 Å². The van der Waals surface area contributed by atoms with Crippen LogP contribution in [0.1, 0.15) is 10.4 Å². The highest BCUT2D eigenvalue weighted by Crippen LogP contribution is 2.46. The van der Waals surface area contributed by atoms with Crippen LogP contribution >= 0.6 is 6.89 Å². The van der Waals surface area contributed by atoms with E-state index >= 15 is 0 Å². The van der Waals surface area contributed by atoms with Gasteiger partial charge in [0, 0.05) is 5.56 Å². The molecule has 0 bridgehead atoms. The van der Waals surface area contributed by atoms with Gasteiger partial charge in [0.05, 0.1) is 11.8 Å². The Morgan fingerprint density at radius 1 is 0.581 bits per heavy atom. The minimum absolute atomic E-state index is 0.290. The van der Waals surface area contributed by atoms with Crippen molar-refractivity contribution >= 4 is 34.0 Å². The van der Waals surface area contributed by atoms with Crippen molar-refractivity contribution < 1.29 is 9.72 Å². The fraction of sp³-hybridized carbons (Fsp3) is 0. The Bertz CT molecular complexity index is 1150. The van der Waals surface area contributed by atoms with Gasteiger partial charge in [0.1, 0.15) is 0 Å². The molecule has 0 atom stereocenters. The zero-order valence-electron chi connectivity index (χ0n) is 16.7. The van der Waals surface area contributed by atoms with Crippen LogP contribution < -0.4 is 15.9 Å². The van der Waals surface area contributed by atoms with Crippen LogP contribution in [-0.2, 0) is 0 Å². The second-order valence-corrected chi connectivity index (χ2v) is 10.3. The van der Waals surface area contributed by atoms with Gasteiger partial charge in [-0.1, -0.05) is 121 Å². The molecule has 0 heterocycles. The third-order valence-electron chi connectivity index (χ3n) is 5.16. The lowest BCUT2D eigenvalue weighted by molar-refractivity contribution is -0.342. The lowest BCUT2D eigenvalue weighted by Gasteiger charge is -2.27. The first-order valence-corrected chi connectivity index (χ1v) is 11.6. The van der Waals surface area contributed by atoms with Crippen molar-refractivity contribution in [3.05, 3.63) is 137 Å². The summed E-state index contributed by atoms with van der Waals surface area (Å²) in [4.78, 5) is 25.9. The quantitative estimate of drug-likeness (QED) is 0.201. The summed E-state index contributed by atoms with van der Waals surface area (Å²) < 4.78 is 0. The Kier molecular flexibility index (Phi) is 5.92. The van der Waals surface area contributed by atoms with Crippen LogP contribution in [0.3, 0.4) is 0 Å². The van der Waals surface area contributed by atoms with Crippen molar-refractivity contribution in [1.29, 1.82) is 0 Å². The van der Waals surface area contributed by atoms with Gasteiger partial charge < -0.3 is 0 Å². The van der Waals surface area contributed by atoms with Crippen LogP contribution in [0.5, 0.6) is 0 Å². The second-order valence-electron chi connectivity index (χ2n) is 6.95. The molecule has 4 aromatic carbocycles. The number of nitro groups is 1. The van der Waals surface area contributed by atoms with Crippen molar-refractivity contribution in [2.75, 3.05) is 0 Å². The van der Waals surface area contributed by atoms with E-state index in [-0.39, 0.29) is 5.42 Å². The first-order valence-electron chi connectivity index (χ1n) is 9.83. The lowest BCUT2D eigenvalue weighted by Crippen LogP contribution is -2.37. The summed E-state index contributed by atoms with van der Waals surface area (Å²) in [5, 5.41) is 15.0. The van der Waals surface area contributed by atoms with E-state index in [2.05, 4.69) is 0 Å². The standard InChI is InChI=1S/C26H20NO3P/c28-25(21-13-5-1-6-14-21)26(27(29)30)31(22-15-7-2-8-16-22,23-17-9-3-10-18-23)24-19-11-4-12-20-24/h1-20H. The average Bonchev–Trinajstić information content (AvgIpc) is 2.84. The SMILES string of the molecule is O=C(C([N+](=O)[O-])=P(c1ccccc1)(c1ccccc1)c1ccccc1)c1ccccc1.